The number of nitrogens with one attached hydrogen (secondary N) is 3. The quantitative estimate of drug-likeness (QED) is 0.748. The van der Waals surface area contributed by atoms with Gasteiger partial charge in [-0.2, -0.15) is 4.98 Å². The summed E-state index contributed by atoms with van der Waals surface area (Å²) >= 11 is 0. The van der Waals surface area contributed by atoms with Gasteiger partial charge in [-0.1, -0.05) is 23.4 Å². The van der Waals surface area contributed by atoms with Gasteiger partial charge in [0.05, 0.1) is 6.54 Å². The van der Waals surface area contributed by atoms with E-state index in [1.807, 2.05) is 18.2 Å². The van der Waals surface area contributed by atoms with Crippen molar-refractivity contribution >= 4 is 17.6 Å². The number of benzene rings is 1. The van der Waals surface area contributed by atoms with E-state index in [0.717, 1.165) is 12.8 Å². The smallest absolute Gasteiger partial charge is 0.315 e. The SMILES string of the molecule is C[C@H](NC(=O)NCc1nc(C2CC2)no1)C(=O)Nc1ccccc1. The van der Waals surface area contributed by atoms with Crippen LogP contribution in [0.2, 0.25) is 0 Å². The predicted molar refractivity (Wildman–Crippen MR) is 86.2 cm³/mol. The number of carbonyl (C=O) groups is 2. The molecule has 1 heterocycles. The summed E-state index contributed by atoms with van der Waals surface area (Å²) in [6.07, 6.45) is 2.17. The van der Waals surface area contributed by atoms with Crippen molar-refractivity contribution in [3.05, 3.63) is 42.0 Å². The van der Waals surface area contributed by atoms with Gasteiger partial charge in [0.15, 0.2) is 5.82 Å². The normalized spacial score (nSPS) is 14.7. The number of hydrogen-bond donors (Lipinski definition) is 3. The molecular formula is C16H19N5O3. The molecule has 3 rings (SSSR count). The molecule has 126 valence electrons. The Morgan fingerprint density at radius 2 is 2.04 bits per heavy atom. The number of amides is 3. The molecule has 1 aliphatic carbocycles. The summed E-state index contributed by atoms with van der Waals surface area (Å²) in [6, 6.07) is 7.89. The summed E-state index contributed by atoms with van der Waals surface area (Å²) in [6.45, 7) is 1.73. The molecule has 24 heavy (non-hydrogen) atoms. The van der Waals surface area contributed by atoms with Crippen LogP contribution in [0.4, 0.5) is 10.5 Å². The van der Waals surface area contributed by atoms with E-state index in [4.69, 9.17) is 4.52 Å². The van der Waals surface area contributed by atoms with Gasteiger partial charge in [0.25, 0.3) is 0 Å². The molecule has 1 aliphatic rings. The minimum atomic E-state index is -0.685. The van der Waals surface area contributed by atoms with E-state index in [1.165, 1.54) is 0 Å². The lowest BCUT2D eigenvalue weighted by molar-refractivity contribution is -0.117. The Balaban J connectivity index is 1.42. The lowest BCUT2D eigenvalue weighted by Gasteiger charge is -2.14. The standard InChI is InChI=1S/C16H19N5O3/c1-10(15(22)19-12-5-3-2-4-6-12)18-16(23)17-9-13-20-14(21-24-13)11-7-8-11/h2-6,10-11H,7-9H2,1H3,(H,19,22)(H2,17,18,23)/t10-/m0/s1. The Hall–Kier alpha value is -2.90. The molecule has 0 saturated heterocycles. The van der Waals surface area contributed by atoms with Crippen LogP contribution in [0.15, 0.2) is 34.9 Å². The molecule has 1 aromatic carbocycles. The summed E-state index contributed by atoms with van der Waals surface area (Å²) in [7, 11) is 0. The average molecular weight is 329 g/mol. The Bertz CT molecular complexity index is 712. The zero-order chi connectivity index (χ0) is 16.9. The fourth-order valence-electron chi connectivity index (χ4n) is 2.09. The fraction of sp³-hybridized carbons (Fsp3) is 0.375. The number of para-hydroxylation sites is 1. The van der Waals surface area contributed by atoms with Crippen molar-refractivity contribution in [2.45, 2.75) is 38.3 Å². The molecule has 0 bridgehead atoms. The molecule has 1 atom stereocenters. The highest BCUT2D eigenvalue weighted by molar-refractivity contribution is 5.96. The second-order valence-corrected chi connectivity index (χ2v) is 5.72. The van der Waals surface area contributed by atoms with Crippen molar-refractivity contribution in [2.75, 3.05) is 5.32 Å². The topological polar surface area (TPSA) is 109 Å². The van der Waals surface area contributed by atoms with E-state index in [0.29, 0.717) is 23.3 Å². The summed E-state index contributed by atoms with van der Waals surface area (Å²) in [5.41, 5.74) is 0.676. The maximum Gasteiger partial charge on any atom is 0.315 e. The lowest BCUT2D eigenvalue weighted by Crippen LogP contribution is -2.46. The molecule has 3 N–H and O–H groups in total. The van der Waals surface area contributed by atoms with E-state index in [2.05, 4.69) is 26.1 Å². The molecule has 1 aromatic heterocycles. The van der Waals surface area contributed by atoms with Gasteiger partial charge in [-0.05, 0) is 31.9 Å². The first-order valence-corrected chi connectivity index (χ1v) is 7.84. The zero-order valence-corrected chi connectivity index (χ0v) is 13.3. The van der Waals surface area contributed by atoms with Gasteiger partial charge < -0.3 is 20.5 Å². The van der Waals surface area contributed by atoms with Gasteiger partial charge >= 0.3 is 6.03 Å². The summed E-state index contributed by atoms with van der Waals surface area (Å²) in [4.78, 5) is 28.1. The number of urea groups is 1. The number of carbonyl (C=O) groups excluding carboxylic acids is 2. The largest absolute Gasteiger partial charge is 0.337 e. The van der Waals surface area contributed by atoms with Gasteiger partial charge in [0, 0.05) is 11.6 Å². The Morgan fingerprint density at radius 1 is 1.29 bits per heavy atom. The number of aromatic nitrogens is 2. The maximum absolute atomic E-state index is 12.0. The zero-order valence-electron chi connectivity index (χ0n) is 13.3. The van der Waals surface area contributed by atoms with E-state index in [9.17, 15) is 9.59 Å². The average Bonchev–Trinajstić information content (AvgIpc) is 3.32. The van der Waals surface area contributed by atoms with E-state index in [-0.39, 0.29) is 12.5 Å². The van der Waals surface area contributed by atoms with Crippen molar-refractivity contribution in [3.63, 3.8) is 0 Å². The van der Waals surface area contributed by atoms with Crippen LogP contribution in [-0.4, -0.2) is 28.1 Å². The van der Waals surface area contributed by atoms with Gasteiger partial charge in [-0.15, -0.1) is 0 Å². The molecule has 2 aromatic rings. The molecular weight excluding hydrogens is 310 g/mol. The Kier molecular flexibility index (Phi) is 4.74. The van der Waals surface area contributed by atoms with Crippen LogP contribution in [0.25, 0.3) is 0 Å². The summed E-state index contributed by atoms with van der Waals surface area (Å²) in [5.74, 6) is 1.15. The van der Waals surface area contributed by atoms with E-state index in [1.54, 1.807) is 19.1 Å². The third-order valence-electron chi connectivity index (χ3n) is 3.61. The number of hydrogen-bond acceptors (Lipinski definition) is 5. The first kappa shape index (κ1) is 16.0. The molecule has 3 amide bonds. The van der Waals surface area contributed by atoms with Crippen LogP contribution in [0.3, 0.4) is 0 Å². The van der Waals surface area contributed by atoms with Crippen molar-refractivity contribution in [3.8, 4) is 0 Å². The van der Waals surface area contributed by atoms with Gasteiger partial charge in [0.1, 0.15) is 6.04 Å². The highest BCUT2D eigenvalue weighted by Gasteiger charge is 2.28. The van der Waals surface area contributed by atoms with Crippen LogP contribution in [0.1, 0.15) is 37.4 Å². The molecule has 0 unspecified atom stereocenters. The molecule has 1 saturated carbocycles. The predicted octanol–water partition coefficient (Wildman–Crippen LogP) is 1.77. The third-order valence-corrected chi connectivity index (χ3v) is 3.61. The minimum Gasteiger partial charge on any atom is -0.337 e. The van der Waals surface area contributed by atoms with Crippen LogP contribution < -0.4 is 16.0 Å². The second kappa shape index (κ2) is 7.12. The highest BCUT2D eigenvalue weighted by atomic mass is 16.5. The number of rotatable bonds is 6. The van der Waals surface area contributed by atoms with Crippen molar-refractivity contribution in [1.82, 2.24) is 20.8 Å². The maximum atomic E-state index is 12.0. The monoisotopic (exact) mass is 329 g/mol. The van der Waals surface area contributed by atoms with Gasteiger partial charge in [-0.25, -0.2) is 4.79 Å². The van der Waals surface area contributed by atoms with Crippen molar-refractivity contribution < 1.29 is 14.1 Å². The third kappa shape index (κ3) is 4.31. The van der Waals surface area contributed by atoms with Gasteiger partial charge in [-0.3, -0.25) is 4.79 Å². The van der Waals surface area contributed by atoms with Gasteiger partial charge in [0.2, 0.25) is 11.8 Å². The van der Waals surface area contributed by atoms with Crippen molar-refractivity contribution in [2.24, 2.45) is 0 Å². The Labute approximate surface area is 139 Å². The lowest BCUT2D eigenvalue weighted by atomic mass is 10.2. The first-order chi connectivity index (χ1) is 11.6. The fourth-order valence-corrected chi connectivity index (χ4v) is 2.09. The molecule has 1 fully saturated rings. The molecule has 0 radical (unpaired) electrons. The van der Waals surface area contributed by atoms with Crippen LogP contribution in [0.5, 0.6) is 0 Å². The molecule has 8 heteroatoms. The molecule has 0 aliphatic heterocycles. The van der Waals surface area contributed by atoms with E-state index >= 15 is 0 Å². The minimum absolute atomic E-state index is 0.124. The number of nitrogens with zero attached hydrogens (tertiary/aromatic N) is 2. The van der Waals surface area contributed by atoms with Crippen LogP contribution >= 0.6 is 0 Å². The summed E-state index contributed by atoms with van der Waals surface area (Å²) < 4.78 is 5.06. The second-order valence-electron chi connectivity index (χ2n) is 5.72. The number of anilines is 1. The van der Waals surface area contributed by atoms with Crippen molar-refractivity contribution in [1.29, 1.82) is 0 Å². The highest BCUT2D eigenvalue weighted by Crippen LogP contribution is 2.37. The Morgan fingerprint density at radius 3 is 2.75 bits per heavy atom. The molecule has 0 spiro atoms. The van der Waals surface area contributed by atoms with Crippen LogP contribution in [0, 0.1) is 0 Å². The molecule has 8 nitrogen and oxygen atoms in total. The van der Waals surface area contributed by atoms with Crippen LogP contribution in [-0.2, 0) is 11.3 Å². The van der Waals surface area contributed by atoms with E-state index < -0.39 is 12.1 Å². The first-order valence-electron chi connectivity index (χ1n) is 7.84. The summed E-state index contributed by atoms with van der Waals surface area (Å²) in [5, 5.41) is 11.7.